The SMILES string of the molecule is CC(=O)N(CC(=O)NCc1ccco1)c1ccc(C)cc1. The Morgan fingerprint density at radius 3 is 2.48 bits per heavy atom. The number of furan rings is 1. The highest BCUT2D eigenvalue weighted by atomic mass is 16.3. The summed E-state index contributed by atoms with van der Waals surface area (Å²) >= 11 is 0. The van der Waals surface area contributed by atoms with Crippen molar-refractivity contribution in [3.63, 3.8) is 0 Å². The van der Waals surface area contributed by atoms with E-state index in [0.29, 0.717) is 18.0 Å². The van der Waals surface area contributed by atoms with Crippen LogP contribution in [0.5, 0.6) is 0 Å². The molecule has 2 aromatic rings. The number of rotatable bonds is 5. The molecular formula is C16H18N2O3. The van der Waals surface area contributed by atoms with Gasteiger partial charge in [-0.2, -0.15) is 0 Å². The van der Waals surface area contributed by atoms with Crippen LogP contribution in [-0.2, 0) is 16.1 Å². The molecule has 0 aliphatic rings. The van der Waals surface area contributed by atoms with E-state index < -0.39 is 0 Å². The molecule has 1 N–H and O–H groups in total. The van der Waals surface area contributed by atoms with Gasteiger partial charge in [0.15, 0.2) is 0 Å². The molecular weight excluding hydrogens is 268 g/mol. The van der Waals surface area contributed by atoms with E-state index in [1.165, 1.54) is 11.8 Å². The average molecular weight is 286 g/mol. The van der Waals surface area contributed by atoms with Crippen molar-refractivity contribution < 1.29 is 14.0 Å². The van der Waals surface area contributed by atoms with Crippen molar-refractivity contribution in [2.75, 3.05) is 11.4 Å². The van der Waals surface area contributed by atoms with Crippen LogP contribution in [0.3, 0.4) is 0 Å². The first kappa shape index (κ1) is 14.8. The van der Waals surface area contributed by atoms with Gasteiger partial charge in [-0.15, -0.1) is 0 Å². The molecule has 0 radical (unpaired) electrons. The van der Waals surface area contributed by atoms with Gasteiger partial charge in [-0.05, 0) is 31.2 Å². The van der Waals surface area contributed by atoms with Gasteiger partial charge in [0.1, 0.15) is 12.3 Å². The van der Waals surface area contributed by atoms with E-state index in [1.54, 1.807) is 18.4 Å². The number of nitrogens with one attached hydrogen (secondary N) is 1. The van der Waals surface area contributed by atoms with E-state index in [1.807, 2.05) is 31.2 Å². The normalized spacial score (nSPS) is 10.2. The summed E-state index contributed by atoms with van der Waals surface area (Å²) in [5.74, 6) is 0.266. The van der Waals surface area contributed by atoms with E-state index >= 15 is 0 Å². The van der Waals surface area contributed by atoms with Gasteiger partial charge in [0.2, 0.25) is 11.8 Å². The van der Waals surface area contributed by atoms with Crippen LogP contribution in [0, 0.1) is 6.92 Å². The summed E-state index contributed by atoms with van der Waals surface area (Å²) in [6.07, 6.45) is 1.55. The lowest BCUT2D eigenvalue weighted by molar-refractivity contribution is -0.123. The summed E-state index contributed by atoms with van der Waals surface area (Å²) in [4.78, 5) is 25.1. The van der Waals surface area contributed by atoms with Crippen LogP contribution in [0.15, 0.2) is 47.1 Å². The molecule has 0 aliphatic carbocycles. The topological polar surface area (TPSA) is 62.6 Å². The Balaban J connectivity index is 1.97. The maximum absolute atomic E-state index is 11.9. The lowest BCUT2D eigenvalue weighted by atomic mass is 10.2. The Kier molecular flexibility index (Phi) is 4.77. The van der Waals surface area contributed by atoms with Crippen molar-refractivity contribution in [2.24, 2.45) is 0 Å². The molecule has 0 saturated carbocycles. The number of amides is 2. The first-order valence-electron chi connectivity index (χ1n) is 6.70. The number of hydrogen-bond donors (Lipinski definition) is 1. The van der Waals surface area contributed by atoms with Gasteiger partial charge in [0.25, 0.3) is 0 Å². The van der Waals surface area contributed by atoms with E-state index in [0.717, 1.165) is 5.56 Å². The Labute approximate surface area is 123 Å². The quantitative estimate of drug-likeness (QED) is 0.917. The minimum atomic E-state index is -0.234. The third-order valence-electron chi connectivity index (χ3n) is 3.07. The van der Waals surface area contributed by atoms with E-state index in [9.17, 15) is 9.59 Å². The fourth-order valence-electron chi connectivity index (χ4n) is 1.91. The minimum absolute atomic E-state index is 0.0148. The number of hydrogen-bond acceptors (Lipinski definition) is 3. The fourth-order valence-corrected chi connectivity index (χ4v) is 1.91. The van der Waals surface area contributed by atoms with E-state index in [4.69, 9.17) is 4.42 Å². The average Bonchev–Trinajstić information content (AvgIpc) is 2.97. The van der Waals surface area contributed by atoms with Gasteiger partial charge in [-0.1, -0.05) is 17.7 Å². The maximum Gasteiger partial charge on any atom is 0.240 e. The van der Waals surface area contributed by atoms with Crippen LogP contribution < -0.4 is 10.2 Å². The zero-order valence-corrected chi connectivity index (χ0v) is 12.1. The molecule has 0 bridgehead atoms. The molecule has 0 aliphatic heterocycles. The molecule has 0 spiro atoms. The van der Waals surface area contributed by atoms with Crippen LogP contribution in [0.1, 0.15) is 18.2 Å². The molecule has 0 unspecified atom stereocenters. The monoisotopic (exact) mass is 286 g/mol. The highest BCUT2D eigenvalue weighted by Crippen LogP contribution is 2.15. The smallest absolute Gasteiger partial charge is 0.240 e. The highest BCUT2D eigenvalue weighted by molar-refractivity contribution is 5.97. The fraction of sp³-hybridized carbons (Fsp3) is 0.250. The molecule has 2 rings (SSSR count). The van der Waals surface area contributed by atoms with Crippen LogP contribution in [-0.4, -0.2) is 18.4 Å². The van der Waals surface area contributed by atoms with Crippen LogP contribution in [0.25, 0.3) is 0 Å². The van der Waals surface area contributed by atoms with Crippen molar-refractivity contribution in [2.45, 2.75) is 20.4 Å². The van der Waals surface area contributed by atoms with Crippen molar-refractivity contribution in [3.8, 4) is 0 Å². The summed E-state index contributed by atoms with van der Waals surface area (Å²) in [7, 11) is 0. The van der Waals surface area contributed by atoms with Crippen molar-refractivity contribution in [3.05, 3.63) is 54.0 Å². The number of carbonyl (C=O) groups excluding carboxylic acids is 2. The van der Waals surface area contributed by atoms with Gasteiger partial charge < -0.3 is 14.6 Å². The molecule has 5 nitrogen and oxygen atoms in total. The molecule has 110 valence electrons. The van der Waals surface area contributed by atoms with E-state index in [-0.39, 0.29) is 18.4 Å². The molecule has 5 heteroatoms. The Morgan fingerprint density at radius 2 is 1.90 bits per heavy atom. The largest absolute Gasteiger partial charge is 0.467 e. The van der Waals surface area contributed by atoms with Gasteiger partial charge in [-0.3, -0.25) is 9.59 Å². The lowest BCUT2D eigenvalue weighted by Gasteiger charge is -2.20. The highest BCUT2D eigenvalue weighted by Gasteiger charge is 2.15. The number of benzene rings is 1. The van der Waals surface area contributed by atoms with Gasteiger partial charge in [0.05, 0.1) is 12.8 Å². The van der Waals surface area contributed by atoms with Crippen molar-refractivity contribution >= 4 is 17.5 Å². The summed E-state index contributed by atoms with van der Waals surface area (Å²) in [5.41, 5.74) is 1.81. The van der Waals surface area contributed by atoms with Crippen molar-refractivity contribution in [1.29, 1.82) is 0 Å². The zero-order chi connectivity index (χ0) is 15.2. The number of anilines is 1. The zero-order valence-electron chi connectivity index (χ0n) is 12.1. The Bertz CT molecular complexity index is 603. The van der Waals surface area contributed by atoms with Gasteiger partial charge in [0, 0.05) is 12.6 Å². The second kappa shape index (κ2) is 6.74. The van der Waals surface area contributed by atoms with Crippen molar-refractivity contribution in [1.82, 2.24) is 5.32 Å². The predicted molar refractivity (Wildman–Crippen MR) is 79.8 cm³/mol. The molecule has 1 aromatic heterocycles. The molecule has 0 fully saturated rings. The standard InChI is InChI=1S/C16H18N2O3/c1-12-5-7-14(8-6-12)18(13(2)19)11-16(20)17-10-15-4-3-9-21-15/h3-9H,10-11H2,1-2H3,(H,17,20). The van der Waals surface area contributed by atoms with Gasteiger partial charge in [-0.25, -0.2) is 0 Å². The second-order valence-electron chi connectivity index (χ2n) is 4.80. The Hall–Kier alpha value is -2.56. The third-order valence-corrected chi connectivity index (χ3v) is 3.07. The van der Waals surface area contributed by atoms with Crippen LogP contribution in [0.4, 0.5) is 5.69 Å². The summed E-state index contributed by atoms with van der Waals surface area (Å²) in [6.45, 7) is 3.71. The molecule has 21 heavy (non-hydrogen) atoms. The van der Waals surface area contributed by atoms with Crippen LogP contribution in [0.2, 0.25) is 0 Å². The number of aryl methyl sites for hydroxylation is 1. The summed E-state index contributed by atoms with van der Waals surface area (Å²) in [6, 6.07) is 11.0. The predicted octanol–water partition coefficient (Wildman–Crippen LogP) is 2.26. The molecule has 0 atom stereocenters. The maximum atomic E-state index is 11.9. The first-order valence-corrected chi connectivity index (χ1v) is 6.70. The lowest BCUT2D eigenvalue weighted by Crippen LogP contribution is -2.39. The summed E-state index contributed by atoms with van der Waals surface area (Å²) in [5, 5.41) is 2.72. The third kappa shape index (κ3) is 4.21. The number of nitrogens with zero attached hydrogens (tertiary/aromatic N) is 1. The molecule has 1 aromatic carbocycles. The molecule has 2 amide bonds. The second-order valence-corrected chi connectivity index (χ2v) is 4.80. The Morgan fingerprint density at radius 1 is 1.19 bits per heavy atom. The molecule has 1 heterocycles. The minimum Gasteiger partial charge on any atom is -0.467 e. The molecule has 0 saturated heterocycles. The first-order chi connectivity index (χ1) is 10.1. The van der Waals surface area contributed by atoms with Gasteiger partial charge >= 0.3 is 0 Å². The number of carbonyl (C=O) groups is 2. The van der Waals surface area contributed by atoms with Crippen LogP contribution >= 0.6 is 0 Å². The van der Waals surface area contributed by atoms with E-state index in [2.05, 4.69) is 5.32 Å². The summed E-state index contributed by atoms with van der Waals surface area (Å²) < 4.78 is 5.14.